The fourth-order valence-electron chi connectivity index (χ4n) is 4.64. The number of piperazine rings is 1. The Morgan fingerprint density at radius 1 is 1.10 bits per heavy atom. The van der Waals surface area contributed by atoms with Crippen molar-refractivity contribution in [2.45, 2.75) is 77.3 Å². The van der Waals surface area contributed by atoms with Crippen LogP contribution in [0.15, 0.2) is 0 Å². The van der Waals surface area contributed by atoms with Crippen molar-refractivity contribution in [3.8, 4) is 0 Å². The van der Waals surface area contributed by atoms with Crippen LogP contribution in [0.2, 0.25) is 0 Å². The molecule has 20 heavy (non-hydrogen) atoms. The summed E-state index contributed by atoms with van der Waals surface area (Å²) < 4.78 is 0. The molecule has 0 bridgehead atoms. The Balaban J connectivity index is 1.66. The van der Waals surface area contributed by atoms with Crippen LogP contribution in [-0.4, -0.2) is 36.1 Å². The van der Waals surface area contributed by atoms with Gasteiger partial charge in [-0.25, -0.2) is 0 Å². The summed E-state index contributed by atoms with van der Waals surface area (Å²) in [7, 11) is 0. The zero-order valence-electron chi connectivity index (χ0n) is 13.8. The standard InChI is InChI=1S/C18H34N2/c1-14(2)11-20-12-17(15-7-5-4-6-8-15)19-13-18(20,3)16-9-10-16/h14-17,19H,4-13H2,1-3H3. The van der Waals surface area contributed by atoms with Gasteiger partial charge in [0.1, 0.15) is 0 Å². The Labute approximate surface area is 125 Å². The molecule has 116 valence electrons. The monoisotopic (exact) mass is 278 g/mol. The Hall–Kier alpha value is -0.0800. The zero-order chi connectivity index (χ0) is 14.2. The molecule has 3 aliphatic rings. The van der Waals surface area contributed by atoms with E-state index in [1.54, 1.807) is 0 Å². The molecule has 0 aromatic heterocycles. The quantitative estimate of drug-likeness (QED) is 0.844. The van der Waals surface area contributed by atoms with Gasteiger partial charge < -0.3 is 5.32 Å². The van der Waals surface area contributed by atoms with Gasteiger partial charge >= 0.3 is 0 Å². The Kier molecular flexibility index (Phi) is 4.42. The first-order chi connectivity index (χ1) is 9.59. The van der Waals surface area contributed by atoms with Gasteiger partial charge in [0.2, 0.25) is 0 Å². The van der Waals surface area contributed by atoms with Crippen LogP contribution < -0.4 is 5.32 Å². The van der Waals surface area contributed by atoms with Gasteiger partial charge in [0.25, 0.3) is 0 Å². The summed E-state index contributed by atoms with van der Waals surface area (Å²) in [6.45, 7) is 11.1. The van der Waals surface area contributed by atoms with Crippen molar-refractivity contribution < 1.29 is 0 Å². The van der Waals surface area contributed by atoms with Gasteiger partial charge in [0, 0.05) is 31.2 Å². The Morgan fingerprint density at radius 2 is 1.80 bits per heavy atom. The lowest BCUT2D eigenvalue weighted by molar-refractivity contribution is 0.00933. The zero-order valence-corrected chi connectivity index (χ0v) is 13.8. The molecule has 2 heteroatoms. The molecule has 0 spiro atoms. The van der Waals surface area contributed by atoms with Crippen molar-refractivity contribution in [2.75, 3.05) is 19.6 Å². The van der Waals surface area contributed by atoms with E-state index in [4.69, 9.17) is 0 Å². The fourth-order valence-corrected chi connectivity index (χ4v) is 4.64. The van der Waals surface area contributed by atoms with Crippen LogP contribution in [0.5, 0.6) is 0 Å². The third-order valence-electron chi connectivity index (χ3n) is 6.12. The lowest BCUT2D eigenvalue weighted by Crippen LogP contribution is -2.66. The van der Waals surface area contributed by atoms with E-state index in [2.05, 4.69) is 31.0 Å². The topological polar surface area (TPSA) is 15.3 Å². The largest absolute Gasteiger partial charge is 0.311 e. The van der Waals surface area contributed by atoms with Gasteiger partial charge in [-0.15, -0.1) is 0 Å². The van der Waals surface area contributed by atoms with Crippen LogP contribution in [0.4, 0.5) is 0 Å². The summed E-state index contributed by atoms with van der Waals surface area (Å²) in [4.78, 5) is 2.87. The van der Waals surface area contributed by atoms with E-state index in [1.165, 1.54) is 64.6 Å². The number of nitrogens with one attached hydrogen (secondary N) is 1. The van der Waals surface area contributed by atoms with Gasteiger partial charge in [0.05, 0.1) is 0 Å². The van der Waals surface area contributed by atoms with Crippen molar-refractivity contribution in [2.24, 2.45) is 17.8 Å². The molecule has 0 amide bonds. The highest BCUT2D eigenvalue weighted by molar-refractivity contribution is 5.05. The maximum atomic E-state index is 3.96. The first kappa shape index (κ1) is 14.8. The maximum absolute atomic E-state index is 3.96. The maximum Gasteiger partial charge on any atom is 0.0334 e. The van der Waals surface area contributed by atoms with Crippen LogP contribution in [0.3, 0.4) is 0 Å². The molecular weight excluding hydrogens is 244 g/mol. The first-order valence-corrected chi connectivity index (χ1v) is 9.08. The average molecular weight is 278 g/mol. The SMILES string of the molecule is CC(C)CN1CC(C2CCCCC2)NCC1(C)C1CC1. The molecule has 1 heterocycles. The highest BCUT2D eigenvalue weighted by atomic mass is 15.3. The molecule has 2 unspecified atom stereocenters. The lowest BCUT2D eigenvalue weighted by atomic mass is 9.80. The van der Waals surface area contributed by atoms with Crippen LogP contribution >= 0.6 is 0 Å². The molecule has 3 fully saturated rings. The number of hydrogen-bond donors (Lipinski definition) is 1. The summed E-state index contributed by atoms with van der Waals surface area (Å²) in [5, 5.41) is 3.96. The number of nitrogens with zero attached hydrogens (tertiary/aromatic N) is 1. The second-order valence-corrected chi connectivity index (χ2v) is 8.32. The molecule has 0 aromatic carbocycles. The molecule has 0 radical (unpaired) electrons. The summed E-state index contributed by atoms with van der Waals surface area (Å²) in [5.41, 5.74) is 0.440. The van der Waals surface area contributed by atoms with E-state index >= 15 is 0 Å². The van der Waals surface area contributed by atoms with Crippen LogP contribution in [0.1, 0.15) is 65.7 Å². The normalized spacial score (nSPS) is 37.5. The van der Waals surface area contributed by atoms with E-state index in [1.807, 2.05) is 0 Å². The Morgan fingerprint density at radius 3 is 2.40 bits per heavy atom. The van der Waals surface area contributed by atoms with Crippen molar-refractivity contribution in [3.63, 3.8) is 0 Å². The second-order valence-electron chi connectivity index (χ2n) is 8.32. The van der Waals surface area contributed by atoms with Gasteiger partial charge in [-0.1, -0.05) is 33.1 Å². The van der Waals surface area contributed by atoms with Crippen LogP contribution in [0, 0.1) is 17.8 Å². The number of hydrogen-bond acceptors (Lipinski definition) is 2. The summed E-state index contributed by atoms with van der Waals surface area (Å²) in [5.74, 6) is 2.70. The van der Waals surface area contributed by atoms with Gasteiger partial charge in [-0.3, -0.25) is 4.90 Å². The van der Waals surface area contributed by atoms with Crippen LogP contribution in [0.25, 0.3) is 0 Å². The fraction of sp³-hybridized carbons (Fsp3) is 1.00. The molecular formula is C18H34N2. The molecule has 0 aromatic rings. The van der Waals surface area contributed by atoms with Gasteiger partial charge in [-0.2, -0.15) is 0 Å². The predicted octanol–water partition coefficient (Wildman–Crippen LogP) is 3.67. The summed E-state index contributed by atoms with van der Waals surface area (Å²) >= 11 is 0. The van der Waals surface area contributed by atoms with Crippen molar-refractivity contribution in [1.29, 1.82) is 0 Å². The minimum Gasteiger partial charge on any atom is -0.311 e. The molecule has 2 atom stereocenters. The van der Waals surface area contributed by atoms with E-state index in [-0.39, 0.29) is 0 Å². The molecule has 2 saturated carbocycles. The third-order valence-corrected chi connectivity index (χ3v) is 6.12. The van der Waals surface area contributed by atoms with E-state index in [0.717, 1.165) is 23.8 Å². The van der Waals surface area contributed by atoms with E-state index in [0.29, 0.717) is 5.54 Å². The molecule has 2 nitrogen and oxygen atoms in total. The highest BCUT2D eigenvalue weighted by Crippen LogP contribution is 2.45. The highest BCUT2D eigenvalue weighted by Gasteiger charge is 2.49. The lowest BCUT2D eigenvalue weighted by Gasteiger charge is -2.51. The number of rotatable bonds is 4. The summed E-state index contributed by atoms with van der Waals surface area (Å²) in [6, 6.07) is 0.765. The van der Waals surface area contributed by atoms with Gasteiger partial charge in [0.15, 0.2) is 0 Å². The van der Waals surface area contributed by atoms with Crippen molar-refractivity contribution >= 4 is 0 Å². The molecule has 3 rings (SSSR count). The first-order valence-electron chi connectivity index (χ1n) is 9.08. The molecule has 1 saturated heterocycles. The van der Waals surface area contributed by atoms with Crippen molar-refractivity contribution in [1.82, 2.24) is 10.2 Å². The van der Waals surface area contributed by atoms with Crippen molar-refractivity contribution in [3.05, 3.63) is 0 Å². The predicted molar refractivity (Wildman–Crippen MR) is 85.9 cm³/mol. The molecule has 1 aliphatic heterocycles. The Bertz CT molecular complexity index is 317. The van der Waals surface area contributed by atoms with Gasteiger partial charge in [-0.05, 0) is 50.4 Å². The van der Waals surface area contributed by atoms with Crippen LogP contribution in [-0.2, 0) is 0 Å². The van der Waals surface area contributed by atoms with E-state index < -0.39 is 0 Å². The molecule has 1 N–H and O–H groups in total. The minimum atomic E-state index is 0.440. The smallest absolute Gasteiger partial charge is 0.0334 e. The van der Waals surface area contributed by atoms with E-state index in [9.17, 15) is 0 Å². The average Bonchev–Trinajstić information content (AvgIpc) is 3.27. The molecule has 2 aliphatic carbocycles. The summed E-state index contributed by atoms with van der Waals surface area (Å²) in [6.07, 6.45) is 10.3. The third kappa shape index (κ3) is 3.06. The second kappa shape index (κ2) is 5.96. The minimum absolute atomic E-state index is 0.440.